The maximum Gasteiger partial charge on any atom is 0.287 e. The topological polar surface area (TPSA) is 0 Å². The van der Waals surface area contributed by atoms with Gasteiger partial charge in [0.1, 0.15) is 5.75 Å². The van der Waals surface area contributed by atoms with Crippen LogP contribution in [0.4, 0.5) is 19.4 Å². The molecule has 0 nitrogen and oxygen atoms in total. The summed E-state index contributed by atoms with van der Waals surface area (Å²) < 4.78 is 58.4. The zero-order valence-electron chi connectivity index (χ0n) is 5.92. The normalized spacial score (nSPS) is 24.0. The van der Waals surface area contributed by atoms with E-state index >= 15 is 0 Å². The molecule has 0 heterocycles. The lowest BCUT2D eigenvalue weighted by molar-refractivity contribution is 0.362. The van der Waals surface area contributed by atoms with Gasteiger partial charge in [-0.25, -0.2) is 0 Å². The summed E-state index contributed by atoms with van der Waals surface area (Å²) in [6, 6.07) is 0. The first-order valence-corrected chi connectivity index (χ1v) is 5.81. The number of rotatable bonds is 3. The van der Waals surface area contributed by atoms with Crippen LogP contribution in [0.15, 0.2) is 0 Å². The smallest absolute Gasteiger partial charge is 0.122 e. The second kappa shape index (κ2) is 2.54. The summed E-state index contributed by atoms with van der Waals surface area (Å²) >= 11 is 10.1. The highest BCUT2D eigenvalue weighted by atomic mass is 35.5. The number of hydrogen-bond donors (Lipinski definition) is 0. The Morgan fingerprint density at radius 3 is 1.50 bits per heavy atom. The van der Waals surface area contributed by atoms with Crippen molar-refractivity contribution in [2.45, 2.75) is 17.7 Å². The molecule has 12 heavy (non-hydrogen) atoms. The monoisotopic (exact) mass is 252 g/mol. The van der Waals surface area contributed by atoms with Crippen LogP contribution >= 0.6 is 33.4 Å². The van der Waals surface area contributed by atoms with Crippen molar-refractivity contribution < 1.29 is 19.4 Å². The second-order valence-corrected chi connectivity index (χ2v) is 6.33. The van der Waals surface area contributed by atoms with Gasteiger partial charge in [0.15, 0.2) is 0 Å². The van der Waals surface area contributed by atoms with Crippen molar-refractivity contribution in [3.8, 4) is 0 Å². The van der Waals surface area contributed by atoms with Crippen LogP contribution in [0, 0.1) is 0 Å². The molecule has 0 bridgehead atoms. The Morgan fingerprint density at radius 2 is 1.42 bits per heavy atom. The first-order chi connectivity index (χ1) is 4.80. The summed E-state index contributed by atoms with van der Waals surface area (Å²) in [6.45, 7) is 1.13. The van der Waals surface area contributed by atoms with Gasteiger partial charge in [0.2, 0.25) is 0 Å². The largest absolute Gasteiger partial charge is 0.287 e. The van der Waals surface area contributed by atoms with E-state index in [9.17, 15) is 19.4 Å². The molecular weight excluding hydrogens is 246 g/mol. The second-order valence-electron chi connectivity index (χ2n) is 2.49. The number of alkyl halides is 2. The molecule has 0 aliphatic rings. The molecule has 0 aromatic rings. The molecule has 0 fully saturated rings. The van der Waals surface area contributed by atoms with Crippen LogP contribution in [0.3, 0.4) is 0 Å². The fourth-order valence-electron chi connectivity index (χ4n) is 0.433. The maximum absolute atomic E-state index is 11.7. The van der Waals surface area contributed by atoms with Crippen LogP contribution in [0.25, 0.3) is 0 Å². The fourth-order valence-corrected chi connectivity index (χ4v) is 2.23. The predicted octanol–water partition coefficient (Wildman–Crippen LogP) is 4.52. The van der Waals surface area contributed by atoms with E-state index < -0.39 is 26.7 Å². The highest BCUT2D eigenvalue weighted by molar-refractivity contribution is 8.45. The van der Waals surface area contributed by atoms with Crippen molar-refractivity contribution in [3.05, 3.63) is 0 Å². The minimum atomic E-state index is -9.39. The van der Waals surface area contributed by atoms with Gasteiger partial charge in [-0.2, -0.15) is 0 Å². The zero-order valence-corrected chi connectivity index (χ0v) is 8.24. The molecular formula is C4H7Cl2F5S. The summed E-state index contributed by atoms with van der Waals surface area (Å²) in [6.07, 6.45) is 0. The highest BCUT2D eigenvalue weighted by Gasteiger charge is 2.64. The molecule has 0 saturated carbocycles. The van der Waals surface area contributed by atoms with Crippen molar-refractivity contribution in [2.75, 3.05) is 5.75 Å². The molecule has 0 amide bonds. The average molecular weight is 253 g/mol. The standard InChI is InChI=1S/C4H7Cl2F5S/c1-3(5)4(6)2-12(7,8,9,10)11/h3-4H,2H2,1H3. The van der Waals surface area contributed by atoms with Crippen LogP contribution in [0.5, 0.6) is 0 Å². The average Bonchev–Trinajstić information content (AvgIpc) is 1.55. The minimum Gasteiger partial charge on any atom is -0.122 e. The van der Waals surface area contributed by atoms with Gasteiger partial charge < -0.3 is 0 Å². The third-order valence-corrected chi connectivity index (χ3v) is 3.11. The molecule has 78 valence electrons. The lowest BCUT2D eigenvalue weighted by Crippen LogP contribution is -2.25. The van der Waals surface area contributed by atoms with Crippen LogP contribution < -0.4 is 0 Å². The van der Waals surface area contributed by atoms with Crippen LogP contribution in [0.2, 0.25) is 0 Å². The lowest BCUT2D eigenvalue weighted by atomic mass is 10.4. The van der Waals surface area contributed by atoms with Crippen molar-refractivity contribution in [1.29, 1.82) is 0 Å². The van der Waals surface area contributed by atoms with E-state index in [2.05, 4.69) is 0 Å². The summed E-state index contributed by atoms with van der Waals surface area (Å²) in [7, 11) is -9.39. The molecule has 0 N–H and O–H groups in total. The fraction of sp³-hybridized carbons (Fsp3) is 1.00. The molecule has 2 unspecified atom stereocenters. The van der Waals surface area contributed by atoms with Crippen molar-refractivity contribution in [1.82, 2.24) is 0 Å². The van der Waals surface area contributed by atoms with Gasteiger partial charge in [0.05, 0.1) is 5.38 Å². The van der Waals surface area contributed by atoms with E-state index in [0.717, 1.165) is 6.92 Å². The third-order valence-electron chi connectivity index (χ3n) is 0.973. The molecule has 0 aliphatic carbocycles. The van der Waals surface area contributed by atoms with Crippen molar-refractivity contribution in [3.63, 3.8) is 0 Å². The molecule has 0 spiro atoms. The molecule has 0 aromatic carbocycles. The summed E-state index contributed by atoms with van der Waals surface area (Å²) in [5, 5.41) is -2.93. The summed E-state index contributed by atoms with van der Waals surface area (Å²) in [4.78, 5) is 0. The third kappa shape index (κ3) is 7.24. The van der Waals surface area contributed by atoms with Gasteiger partial charge in [-0.1, -0.05) is 19.4 Å². The lowest BCUT2D eigenvalue weighted by Gasteiger charge is -2.42. The van der Waals surface area contributed by atoms with E-state index in [1.54, 1.807) is 0 Å². The molecule has 8 heteroatoms. The molecule has 0 saturated heterocycles. The molecule has 0 aliphatic heterocycles. The van der Waals surface area contributed by atoms with E-state index in [1.807, 2.05) is 0 Å². The Morgan fingerprint density at radius 1 is 1.08 bits per heavy atom. The van der Waals surface area contributed by atoms with Crippen LogP contribution in [0.1, 0.15) is 6.92 Å². The number of hydrogen-bond acceptors (Lipinski definition) is 0. The SMILES string of the molecule is CC(Cl)C(Cl)CS(F)(F)(F)(F)F. The van der Waals surface area contributed by atoms with Gasteiger partial charge >= 0.3 is 0 Å². The van der Waals surface area contributed by atoms with Gasteiger partial charge in [0, 0.05) is 5.38 Å². The van der Waals surface area contributed by atoms with Gasteiger partial charge in [-0.15, -0.1) is 23.2 Å². The van der Waals surface area contributed by atoms with Gasteiger partial charge in [-0.05, 0) is 6.92 Å². The quantitative estimate of drug-likeness (QED) is 0.512. The molecule has 0 aromatic heterocycles. The zero-order chi connectivity index (χ0) is 10.3. The van der Waals surface area contributed by atoms with Gasteiger partial charge in [0.25, 0.3) is 10.2 Å². The Hall–Kier alpha value is 0.580. The first kappa shape index (κ1) is 12.6. The Kier molecular flexibility index (Phi) is 2.67. The van der Waals surface area contributed by atoms with Gasteiger partial charge in [-0.3, -0.25) is 0 Å². The van der Waals surface area contributed by atoms with E-state index in [4.69, 9.17) is 23.2 Å². The van der Waals surface area contributed by atoms with Crippen LogP contribution in [-0.4, -0.2) is 16.5 Å². The van der Waals surface area contributed by atoms with Crippen molar-refractivity contribution >= 4 is 33.4 Å². The first-order valence-electron chi connectivity index (χ1n) is 2.82. The summed E-state index contributed by atoms with van der Waals surface area (Å²) in [5.41, 5.74) is 0. The van der Waals surface area contributed by atoms with Crippen LogP contribution in [-0.2, 0) is 0 Å². The number of halogens is 7. The maximum atomic E-state index is 11.7. The highest BCUT2D eigenvalue weighted by Crippen LogP contribution is 2.98. The Balaban J connectivity index is 4.48. The van der Waals surface area contributed by atoms with E-state index in [1.165, 1.54) is 0 Å². The minimum absolute atomic E-state index is 1.13. The molecule has 0 radical (unpaired) electrons. The predicted molar refractivity (Wildman–Crippen MR) is 43.0 cm³/mol. The molecule has 0 rings (SSSR count). The summed E-state index contributed by atoms with van der Waals surface area (Å²) in [5.74, 6) is -2.31. The van der Waals surface area contributed by atoms with E-state index in [0.29, 0.717) is 0 Å². The van der Waals surface area contributed by atoms with Crippen molar-refractivity contribution in [2.24, 2.45) is 0 Å². The Labute approximate surface area is 76.7 Å². The Bertz CT molecular complexity index is 171. The van der Waals surface area contributed by atoms with E-state index in [-0.39, 0.29) is 0 Å². The molecule has 2 atom stereocenters.